The number of rotatable bonds is 6. The molecule has 1 aliphatic heterocycles. The quantitative estimate of drug-likeness (QED) is 0.841. The second-order valence-corrected chi connectivity index (χ2v) is 7.15. The normalized spacial score (nSPS) is 24.1. The van der Waals surface area contributed by atoms with E-state index in [4.69, 9.17) is 4.74 Å². The molecule has 0 spiro atoms. The van der Waals surface area contributed by atoms with Crippen molar-refractivity contribution in [3.8, 4) is 0 Å². The topological polar surface area (TPSA) is 67.4 Å². The Kier molecular flexibility index (Phi) is 5.37. The maximum absolute atomic E-state index is 12.4. The summed E-state index contributed by atoms with van der Waals surface area (Å²) in [6.45, 7) is 7.48. The Morgan fingerprint density at radius 2 is 2.00 bits per heavy atom. The van der Waals surface area contributed by atoms with Gasteiger partial charge in [-0.3, -0.25) is 0 Å². The van der Waals surface area contributed by atoms with Crippen LogP contribution in [0.4, 0.5) is 0 Å². The van der Waals surface area contributed by atoms with E-state index in [1.165, 1.54) is 0 Å². The van der Waals surface area contributed by atoms with Gasteiger partial charge in [-0.1, -0.05) is 19.1 Å². The van der Waals surface area contributed by atoms with Gasteiger partial charge in [0.25, 0.3) is 0 Å². The van der Waals surface area contributed by atoms with Gasteiger partial charge in [0.1, 0.15) is 0 Å². The lowest BCUT2D eigenvalue weighted by atomic mass is 10.1. The van der Waals surface area contributed by atoms with Crippen LogP contribution in [0, 0.1) is 0 Å². The summed E-state index contributed by atoms with van der Waals surface area (Å²) in [6.07, 6.45) is 0.642. The minimum absolute atomic E-state index is 0.0761. The van der Waals surface area contributed by atoms with E-state index in [1.807, 2.05) is 26.0 Å². The fraction of sp³-hybridized carbons (Fsp3) is 0.600. The van der Waals surface area contributed by atoms with Crippen LogP contribution in [0.5, 0.6) is 0 Å². The van der Waals surface area contributed by atoms with E-state index >= 15 is 0 Å². The molecular weight excluding hydrogens is 288 g/mol. The molecule has 21 heavy (non-hydrogen) atoms. The van der Waals surface area contributed by atoms with Crippen molar-refractivity contribution in [3.05, 3.63) is 29.8 Å². The zero-order chi connectivity index (χ0) is 15.5. The van der Waals surface area contributed by atoms with Crippen molar-refractivity contribution in [2.24, 2.45) is 0 Å². The number of hydrogen-bond donors (Lipinski definition) is 2. The number of hydrogen-bond acceptors (Lipinski definition) is 4. The van der Waals surface area contributed by atoms with E-state index in [0.29, 0.717) is 11.5 Å². The third-order valence-corrected chi connectivity index (χ3v) is 5.39. The Hall–Kier alpha value is -0.950. The molecule has 118 valence electrons. The fourth-order valence-electron chi connectivity index (χ4n) is 2.51. The van der Waals surface area contributed by atoms with Gasteiger partial charge >= 0.3 is 0 Å². The Morgan fingerprint density at radius 1 is 1.33 bits per heavy atom. The third kappa shape index (κ3) is 4.03. The van der Waals surface area contributed by atoms with Crippen LogP contribution in [-0.4, -0.2) is 33.7 Å². The Bertz CT molecular complexity index is 557. The maximum atomic E-state index is 12.4. The molecule has 5 nitrogen and oxygen atoms in total. The molecule has 0 amide bonds. The van der Waals surface area contributed by atoms with Crippen molar-refractivity contribution >= 4 is 10.0 Å². The van der Waals surface area contributed by atoms with E-state index in [9.17, 15) is 8.42 Å². The molecule has 0 aliphatic carbocycles. The van der Waals surface area contributed by atoms with E-state index in [0.717, 1.165) is 18.5 Å². The molecule has 6 heteroatoms. The van der Waals surface area contributed by atoms with E-state index < -0.39 is 10.0 Å². The van der Waals surface area contributed by atoms with Crippen LogP contribution in [0.25, 0.3) is 0 Å². The maximum Gasteiger partial charge on any atom is 0.240 e. The summed E-state index contributed by atoms with van der Waals surface area (Å²) < 4.78 is 32.8. The van der Waals surface area contributed by atoms with Crippen LogP contribution >= 0.6 is 0 Å². The molecule has 1 fully saturated rings. The first-order valence-electron chi connectivity index (χ1n) is 7.41. The van der Waals surface area contributed by atoms with Gasteiger partial charge < -0.3 is 10.1 Å². The molecular formula is C15H24N2O3S. The summed E-state index contributed by atoms with van der Waals surface area (Å²) >= 11 is 0. The highest BCUT2D eigenvalue weighted by Gasteiger charge is 2.29. The van der Waals surface area contributed by atoms with Crippen molar-refractivity contribution in [1.82, 2.24) is 10.0 Å². The Balaban J connectivity index is 2.09. The Labute approximate surface area is 127 Å². The molecule has 1 saturated heterocycles. The minimum atomic E-state index is -3.48. The zero-order valence-corrected chi connectivity index (χ0v) is 13.6. The van der Waals surface area contributed by atoms with Crippen LogP contribution in [-0.2, 0) is 14.8 Å². The predicted octanol–water partition coefficient (Wildman–Crippen LogP) is 1.81. The predicted molar refractivity (Wildman–Crippen MR) is 82.7 cm³/mol. The zero-order valence-electron chi connectivity index (χ0n) is 12.8. The van der Waals surface area contributed by atoms with Gasteiger partial charge in [0.05, 0.1) is 17.0 Å². The summed E-state index contributed by atoms with van der Waals surface area (Å²) in [6, 6.07) is 7.10. The van der Waals surface area contributed by atoms with E-state index in [1.54, 1.807) is 12.1 Å². The van der Waals surface area contributed by atoms with Gasteiger partial charge in [-0.05, 0) is 44.5 Å². The molecule has 0 saturated carbocycles. The van der Waals surface area contributed by atoms with Crippen LogP contribution in [0.1, 0.15) is 38.8 Å². The second-order valence-electron chi connectivity index (χ2n) is 5.44. The summed E-state index contributed by atoms with van der Waals surface area (Å²) in [5, 5.41) is 3.30. The van der Waals surface area contributed by atoms with Gasteiger partial charge in [-0.25, -0.2) is 13.1 Å². The monoisotopic (exact) mass is 312 g/mol. The molecule has 1 aromatic carbocycles. The first kappa shape index (κ1) is 16.4. The van der Waals surface area contributed by atoms with E-state index in [2.05, 4.69) is 17.0 Å². The lowest BCUT2D eigenvalue weighted by Gasteiger charge is -2.17. The first-order chi connectivity index (χ1) is 9.94. The summed E-state index contributed by atoms with van der Waals surface area (Å²) in [5.74, 6) is 0. The van der Waals surface area contributed by atoms with Gasteiger partial charge in [0.2, 0.25) is 10.0 Å². The second kappa shape index (κ2) is 6.87. The molecule has 0 radical (unpaired) electrons. The van der Waals surface area contributed by atoms with Crippen molar-refractivity contribution in [2.75, 3.05) is 13.2 Å². The number of ether oxygens (including phenoxy) is 1. The Morgan fingerprint density at radius 3 is 2.52 bits per heavy atom. The lowest BCUT2D eigenvalue weighted by molar-refractivity contribution is 0.117. The highest BCUT2D eigenvalue weighted by molar-refractivity contribution is 7.89. The van der Waals surface area contributed by atoms with Gasteiger partial charge in [-0.15, -0.1) is 0 Å². The minimum Gasteiger partial charge on any atom is -0.377 e. The van der Waals surface area contributed by atoms with Crippen molar-refractivity contribution in [3.63, 3.8) is 0 Å². The largest absolute Gasteiger partial charge is 0.377 e. The highest BCUT2D eigenvalue weighted by Crippen LogP contribution is 2.19. The number of sulfonamides is 1. The summed E-state index contributed by atoms with van der Waals surface area (Å²) in [5.41, 5.74) is 1.08. The number of nitrogens with one attached hydrogen (secondary N) is 2. The summed E-state index contributed by atoms with van der Waals surface area (Å²) in [7, 11) is -3.48. The lowest BCUT2D eigenvalue weighted by Crippen LogP contribution is -2.39. The average molecular weight is 312 g/mol. The smallest absolute Gasteiger partial charge is 0.240 e. The molecule has 1 aliphatic rings. The molecule has 3 unspecified atom stereocenters. The SMILES string of the molecule is CCNC(C)c1ccc(S(=O)(=O)NC2CCOC2C)cc1. The number of benzene rings is 1. The van der Waals surface area contributed by atoms with Crippen LogP contribution in [0.15, 0.2) is 29.2 Å². The molecule has 1 aromatic rings. The molecule has 3 atom stereocenters. The van der Waals surface area contributed by atoms with Gasteiger partial charge in [-0.2, -0.15) is 0 Å². The highest BCUT2D eigenvalue weighted by atomic mass is 32.2. The van der Waals surface area contributed by atoms with Crippen LogP contribution in [0.2, 0.25) is 0 Å². The van der Waals surface area contributed by atoms with Crippen LogP contribution < -0.4 is 10.0 Å². The van der Waals surface area contributed by atoms with Crippen LogP contribution in [0.3, 0.4) is 0 Å². The molecule has 2 N–H and O–H groups in total. The van der Waals surface area contributed by atoms with E-state index in [-0.39, 0.29) is 18.2 Å². The third-order valence-electron chi connectivity index (χ3n) is 3.88. The molecule has 2 rings (SSSR count). The standard InChI is InChI=1S/C15H24N2O3S/c1-4-16-11(2)13-5-7-14(8-6-13)21(18,19)17-15-9-10-20-12(15)3/h5-8,11-12,15-17H,4,9-10H2,1-3H3. The van der Waals surface area contributed by atoms with Gasteiger partial charge in [0, 0.05) is 12.6 Å². The molecule has 0 bridgehead atoms. The molecule has 0 aromatic heterocycles. The first-order valence-corrected chi connectivity index (χ1v) is 8.89. The van der Waals surface area contributed by atoms with Crippen molar-refractivity contribution in [2.45, 2.75) is 50.3 Å². The van der Waals surface area contributed by atoms with Gasteiger partial charge in [0.15, 0.2) is 0 Å². The van der Waals surface area contributed by atoms with Crippen molar-refractivity contribution < 1.29 is 13.2 Å². The average Bonchev–Trinajstić information content (AvgIpc) is 2.84. The molecule has 1 heterocycles. The van der Waals surface area contributed by atoms with Crippen molar-refractivity contribution in [1.29, 1.82) is 0 Å². The summed E-state index contributed by atoms with van der Waals surface area (Å²) in [4.78, 5) is 0.300. The fourth-order valence-corrected chi connectivity index (χ4v) is 3.85.